The van der Waals surface area contributed by atoms with Crippen molar-refractivity contribution in [2.45, 2.75) is 64.9 Å². The average Bonchev–Trinajstić information content (AvgIpc) is 2.10. The predicted molar refractivity (Wildman–Crippen MR) is 58.3 cm³/mol. The van der Waals surface area contributed by atoms with Gasteiger partial charge in [0.25, 0.3) is 0 Å². The van der Waals surface area contributed by atoms with Gasteiger partial charge in [-0.1, -0.05) is 45.4 Å². The van der Waals surface area contributed by atoms with Gasteiger partial charge in [-0.3, -0.25) is 0 Å². The SMILES string of the molecule is CCCCCCCCC(C)OP. The third-order valence-electron chi connectivity index (χ3n) is 2.20. The third kappa shape index (κ3) is 8.49. The molecular weight excluding hydrogens is 167 g/mol. The topological polar surface area (TPSA) is 9.23 Å². The molecule has 2 unspecified atom stereocenters. The molecule has 0 aliphatic carbocycles. The van der Waals surface area contributed by atoms with E-state index in [2.05, 4.69) is 23.3 Å². The average molecular weight is 190 g/mol. The largest absolute Gasteiger partial charge is 0.363 e. The highest BCUT2D eigenvalue weighted by molar-refractivity contribution is 7.09. The fourth-order valence-electron chi connectivity index (χ4n) is 1.28. The van der Waals surface area contributed by atoms with E-state index in [1.54, 1.807) is 0 Å². The van der Waals surface area contributed by atoms with Gasteiger partial charge >= 0.3 is 0 Å². The van der Waals surface area contributed by atoms with Gasteiger partial charge in [0.05, 0.1) is 6.10 Å². The van der Waals surface area contributed by atoms with Crippen molar-refractivity contribution in [1.29, 1.82) is 0 Å². The minimum atomic E-state index is 0.418. The van der Waals surface area contributed by atoms with E-state index >= 15 is 0 Å². The van der Waals surface area contributed by atoms with Gasteiger partial charge in [0, 0.05) is 9.47 Å². The van der Waals surface area contributed by atoms with Crippen LogP contribution in [0.2, 0.25) is 0 Å². The molecule has 0 spiro atoms. The summed E-state index contributed by atoms with van der Waals surface area (Å²) in [6, 6.07) is 0. The van der Waals surface area contributed by atoms with Gasteiger partial charge in [-0.25, -0.2) is 0 Å². The number of rotatable bonds is 8. The van der Waals surface area contributed by atoms with Crippen LogP contribution in [0.5, 0.6) is 0 Å². The highest BCUT2D eigenvalue weighted by atomic mass is 31.0. The summed E-state index contributed by atoms with van der Waals surface area (Å²) in [4.78, 5) is 0. The molecule has 0 saturated carbocycles. The number of hydrogen-bond acceptors (Lipinski definition) is 1. The number of unbranched alkanes of at least 4 members (excludes halogenated alkanes) is 5. The molecule has 0 aromatic carbocycles. The molecule has 0 saturated heterocycles. The number of hydrogen-bond donors (Lipinski definition) is 0. The molecule has 0 radical (unpaired) electrons. The molecule has 0 N–H and O–H groups in total. The molecule has 2 atom stereocenters. The summed E-state index contributed by atoms with van der Waals surface area (Å²) in [6.07, 6.45) is 9.86. The van der Waals surface area contributed by atoms with Crippen LogP contribution in [-0.2, 0) is 4.52 Å². The highest BCUT2D eigenvalue weighted by Crippen LogP contribution is 2.11. The van der Waals surface area contributed by atoms with Gasteiger partial charge < -0.3 is 4.52 Å². The van der Waals surface area contributed by atoms with Crippen LogP contribution < -0.4 is 0 Å². The first-order valence-electron chi connectivity index (χ1n) is 5.16. The van der Waals surface area contributed by atoms with E-state index in [9.17, 15) is 0 Å². The van der Waals surface area contributed by atoms with Crippen LogP contribution in [-0.4, -0.2) is 6.10 Å². The maximum atomic E-state index is 5.09. The second kappa shape index (κ2) is 9.48. The lowest BCUT2D eigenvalue weighted by Gasteiger charge is -2.07. The van der Waals surface area contributed by atoms with Crippen LogP contribution in [0.3, 0.4) is 0 Å². The fourth-order valence-corrected chi connectivity index (χ4v) is 1.42. The lowest BCUT2D eigenvalue weighted by molar-refractivity contribution is 0.243. The van der Waals surface area contributed by atoms with E-state index in [4.69, 9.17) is 4.52 Å². The second-order valence-corrected chi connectivity index (χ2v) is 3.78. The molecule has 0 aromatic rings. The van der Waals surface area contributed by atoms with Crippen molar-refractivity contribution in [2.75, 3.05) is 0 Å². The summed E-state index contributed by atoms with van der Waals surface area (Å²) >= 11 is 0. The molecule has 0 amide bonds. The Balaban J connectivity index is 2.90. The van der Waals surface area contributed by atoms with Crippen LogP contribution in [0.15, 0.2) is 0 Å². The van der Waals surface area contributed by atoms with Crippen LogP contribution in [0.1, 0.15) is 58.8 Å². The van der Waals surface area contributed by atoms with E-state index in [0.717, 1.165) is 0 Å². The normalized spacial score (nSPS) is 13.2. The molecular formula is C10H23OP. The van der Waals surface area contributed by atoms with Gasteiger partial charge in [-0.15, -0.1) is 0 Å². The van der Waals surface area contributed by atoms with Gasteiger partial charge in [0.1, 0.15) is 0 Å². The zero-order chi connectivity index (χ0) is 9.23. The standard InChI is InChI=1S/C10H23OP/c1-3-4-5-6-7-8-9-10(2)11-12/h10H,3-9,12H2,1-2H3. The molecule has 1 nitrogen and oxygen atoms in total. The van der Waals surface area contributed by atoms with Crippen molar-refractivity contribution >= 4 is 9.47 Å². The zero-order valence-electron chi connectivity index (χ0n) is 8.51. The molecule has 2 heteroatoms. The highest BCUT2D eigenvalue weighted by Gasteiger charge is 1.97. The van der Waals surface area contributed by atoms with Gasteiger partial charge in [-0.05, 0) is 13.3 Å². The van der Waals surface area contributed by atoms with Crippen molar-refractivity contribution in [3.8, 4) is 0 Å². The Morgan fingerprint density at radius 3 is 2.25 bits per heavy atom. The zero-order valence-corrected chi connectivity index (χ0v) is 9.67. The van der Waals surface area contributed by atoms with Crippen molar-refractivity contribution in [3.05, 3.63) is 0 Å². The van der Waals surface area contributed by atoms with E-state index in [-0.39, 0.29) is 0 Å². The molecule has 0 bridgehead atoms. The molecule has 0 aromatic heterocycles. The van der Waals surface area contributed by atoms with Crippen LogP contribution >= 0.6 is 9.47 Å². The Kier molecular flexibility index (Phi) is 9.79. The molecule has 12 heavy (non-hydrogen) atoms. The first-order valence-corrected chi connectivity index (χ1v) is 5.64. The summed E-state index contributed by atoms with van der Waals surface area (Å²) in [5.41, 5.74) is 0. The lowest BCUT2D eigenvalue weighted by Crippen LogP contribution is -1.99. The Bertz CT molecular complexity index is 85.9. The smallest absolute Gasteiger partial charge is 0.0582 e. The molecule has 0 heterocycles. The monoisotopic (exact) mass is 190 g/mol. The van der Waals surface area contributed by atoms with Gasteiger partial charge in [0.2, 0.25) is 0 Å². The molecule has 0 aliphatic rings. The Morgan fingerprint density at radius 2 is 1.67 bits per heavy atom. The Morgan fingerprint density at radius 1 is 1.08 bits per heavy atom. The summed E-state index contributed by atoms with van der Waals surface area (Å²) in [5, 5.41) is 0. The van der Waals surface area contributed by atoms with E-state index in [1.807, 2.05) is 0 Å². The summed E-state index contributed by atoms with van der Waals surface area (Å²) in [7, 11) is 2.33. The van der Waals surface area contributed by atoms with Gasteiger partial charge in [-0.2, -0.15) is 0 Å². The summed E-state index contributed by atoms with van der Waals surface area (Å²) < 4.78 is 5.09. The third-order valence-corrected chi connectivity index (χ3v) is 2.66. The lowest BCUT2D eigenvalue weighted by atomic mass is 10.1. The molecule has 0 aliphatic heterocycles. The van der Waals surface area contributed by atoms with E-state index < -0.39 is 0 Å². The minimum Gasteiger partial charge on any atom is -0.363 e. The van der Waals surface area contributed by atoms with Crippen LogP contribution in [0.25, 0.3) is 0 Å². The van der Waals surface area contributed by atoms with Crippen molar-refractivity contribution in [2.24, 2.45) is 0 Å². The first-order chi connectivity index (χ1) is 5.81. The van der Waals surface area contributed by atoms with Gasteiger partial charge in [0.15, 0.2) is 0 Å². The van der Waals surface area contributed by atoms with E-state index in [1.165, 1.54) is 44.9 Å². The quantitative estimate of drug-likeness (QED) is 0.416. The Hall–Kier alpha value is 0.390. The molecule has 0 fully saturated rings. The predicted octanol–water partition coefficient (Wildman–Crippen LogP) is 3.93. The minimum absolute atomic E-state index is 0.418. The first kappa shape index (κ1) is 12.4. The van der Waals surface area contributed by atoms with E-state index in [0.29, 0.717) is 6.10 Å². The van der Waals surface area contributed by atoms with Crippen molar-refractivity contribution in [1.82, 2.24) is 0 Å². The molecule has 0 rings (SSSR count). The maximum Gasteiger partial charge on any atom is 0.0582 e. The van der Waals surface area contributed by atoms with Crippen molar-refractivity contribution < 1.29 is 4.52 Å². The maximum absolute atomic E-state index is 5.09. The molecule has 74 valence electrons. The summed E-state index contributed by atoms with van der Waals surface area (Å²) in [6.45, 7) is 4.38. The Labute approximate surface area is 79.6 Å². The van der Waals surface area contributed by atoms with Crippen molar-refractivity contribution in [3.63, 3.8) is 0 Å². The summed E-state index contributed by atoms with van der Waals surface area (Å²) in [5.74, 6) is 0. The fraction of sp³-hybridized carbons (Fsp3) is 1.00. The second-order valence-electron chi connectivity index (χ2n) is 3.50. The van der Waals surface area contributed by atoms with Crippen LogP contribution in [0, 0.1) is 0 Å². The van der Waals surface area contributed by atoms with Crippen LogP contribution in [0.4, 0.5) is 0 Å².